The average molecular weight is 250 g/mol. The Morgan fingerprint density at radius 3 is 2.95 bits per heavy atom. The molecular formula is C15H14N4. The molecule has 0 atom stereocenters. The van der Waals surface area contributed by atoms with Gasteiger partial charge in [-0.05, 0) is 0 Å². The van der Waals surface area contributed by atoms with Gasteiger partial charge in [0.2, 0.25) is 0 Å². The fourth-order valence-electron chi connectivity index (χ4n) is 2.54. The smallest absolute Gasteiger partial charge is 0.155 e. The highest BCUT2D eigenvalue weighted by atomic mass is 15.2. The lowest BCUT2D eigenvalue weighted by molar-refractivity contribution is 0.624. The maximum absolute atomic E-state index is 4.72. The fraction of sp³-hybridized carbons (Fsp3) is 0.200. The van der Waals surface area contributed by atoms with Crippen LogP contribution in [0.15, 0.2) is 42.6 Å². The number of rotatable bonds is 1. The van der Waals surface area contributed by atoms with Gasteiger partial charge in [0, 0.05) is 42.9 Å². The standard InChI is InChI=1S/C15H14N4/c1-2-4-11(5-3-1)14-8-15-17-13-6-7-16-9-12(13)10-19(15)18-14/h1-5,8,10,16H,6-7,9H2. The van der Waals surface area contributed by atoms with E-state index < -0.39 is 0 Å². The molecule has 19 heavy (non-hydrogen) atoms. The molecule has 0 aliphatic carbocycles. The molecule has 4 rings (SSSR count). The molecule has 0 radical (unpaired) electrons. The highest BCUT2D eigenvalue weighted by molar-refractivity contribution is 5.64. The van der Waals surface area contributed by atoms with Crippen LogP contribution in [0.2, 0.25) is 0 Å². The Morgan fingerprint density at radius 2 is 2.05 bits per heavy atom. The Morgan fingerprint density at radius 1 is 1.16 bits per heavy atom. The van der Waals surface area contributed by atoms with Crippen LogP contribution in [-0.2, 0) is 13.0 Å². The van der Waals surface area contributed by atoms with Crippen molar-refractivity contribution in [3.63, 3.8) is 0 Å². The quantitative estimate of drug-likeness (QED) is 0.718. The molecule has 0 unspecified atom stereocenters. The normalized spacial score (nSPS) is 14.5. The van der Waals surface area contributed by atoms with Gasteiger partial charge >= 0.3 is 0 Å². The molecule has 0 saturated carbocycles. The number of aromatic nitrogens is 3. The number of nitrogens with one attached hydrogen (secondary N) is 1. The minimum absolute atomic E-state index is 0.888. The second-order valence-electron chi connectivity index (χ2n) is 4.84. The van der Waals surface area contributed by atoms with E-state index in [1.807, 2.05) is 22.7 Å². The second kappa shape index (κ2) is 4.17. The predicted molar refractivity (Wildman–Crippen MR) is 73.8 cm³/mol. The van der Waals surface area contributed by atoms with E-state index in [9.17, 15) is 0 Å². The summed E-state index contributed by atoms with van der Waals surface area (Å²) >= 11 is 0. The summed E-state index contributed by atoms with van der Waals surface area (Å²) in [5, 5.41) is 7.98. The Balaban J connectivity index is 1.87. The summed E-state index contributed by atoms with van der Waals surface area (Å²) in [6, 6.07) is 12.3. The molecule has 0 spiro atoms. The van der Waals surface area contributed by atoms with E-state index in [-0.39, 0.29) is 0 Å². The van der Waals surface area contributed by atoms with Crippen molar-refractivity contribution in [2.45, 2.75) is 13.0 Å². The van der Waals surface area contributed by atoms with E-state index in [1.165, 1.54) is 11.3 Å². The Kier molecular flexibility index (Phi) is 2.35. The summed E-state index contributed by atoms with van der Waals surface area (Å²) in [6.45, 7) is 1.90. The Bertz CT molecular complexity index is 687. The van der Waals surface area contributed by atoms with Gasteiger partial charge in [0.1, 0.15) is 0 Å². The highest BCUT2D eigenvalue weighted by Gasteiger charge is 2.13. The van der Waals surface area contributed by atoms with Crippen molar-refractivity contribution in [1.82, 2.24) is 19.9 Å². The maximum atomic E-state index is 4.72. The molecule has 0 saturated heterocycles. The van der Waals surface area contributed by atoms with Crippen LogP contribution in [-0.4, -0.2) is 21.1 Å². The van der Waals surface area contributed by atoms with Crippen LogP contribution in [0.4, 0.5) is 0 Å². The van der Waals surface area contributed by atoms with Gasteiger partial charge in [-0.15, -0.1) is 0 Å². The first kappa shape index (κ1) is 10.7. The molecule has 4 nitrogen and oxygen atoms in total. The molecule has 2 aromatic heterocycles. The molecule has 1 aliphatic rings. The van der Waals surface area contributed by atoms with Crippen molar-refractivity contribution in [2.75, 3.05) is 6.54 Å². The third kappa shape index (κ3) is 1.81. The molecule has 1 aromatic carbocycles. The van der Waals surface area contributed by atoms with Gasteiger partial charge in [-0.3, -0.25) is 0 Å². The lowest BCUT2D eigenvalue weighted by Gasteiger charge is -2.15. The van der Waals surface area contributed by atoms with Crippen molar-refractivity contribution in [2.24, 2.45) is 0 Å². The average Bonchev–Trinajstić information content (AvgIpc) is 2.88. The van der Waals surface area contributed by atoms with E-state index in [0.717, 1.165) is 36.4 Å². The molecule has 3 heterocycles. The summed E-state index contributed by atoms with van der Waals surface area (Å²) in [5.74, 6) is 0. The topological polar surface area (TPSA) is 42.2 Å². The summed E-state index contributed by atoms with van der Waals surface area (Å²) in [7, 11) is 0. The number of fused-ring (bicyclic) bond motifs is 2. The first-order valence-electron chi connectivity index (χ1n) is 6.54. The minimum Gasteiger partial charge on any atom is -0.312 e. The third-order valence-electron chi connectivity index (χ3n) is 3.54. The zero-order chi connectivity index (χ0) is 12.7. The van der Waals surface area contributed by atoms with Gasteiger partial charge < -0.3 is 5.32 Å². The molecule has 0 bridgehead atoms. The van der Waals surface area contributed by atoms with E-state index in [1.54, 1.807) is 0 Å². The first-order valence-corrected chi connectivity index (χ1v) is 6.54. The van der Waals surface area contributed by atoms with Gasteiger partial charge in [-0.1, -0.05) is 30.3 Å². The van der Waals surface area contributed by atoms with Crippen molar-refractivity contribution in [3.05, 3.63) is 53.9 Å². The van der Waals surface area contributed by atoms with Crippen molar-refractivity contribution in [1.29, 1.82) is 0 Å². The summed E-state index contributed by atoms with van der Waals surface area (Å²) in [5.41, 5.74) is 5.49. The van der Waals surface area contributed by atoms with Crippen LogP contribution in [0.1, 0.15) is 11.3 Å². The molecule has 0 amide bonds. The Hall–Kier alpha value is -2.20. The monoisotopic (exact) mass is 250 g/mol. The highest BCUT2D eigenvalue weighted by Crippen LogP contribution is 2.20. The van der Waals surface area contributed by atoms with E-state index in [2.05, 4.69) is 34.8 Å². The lowest BCUT2D eigenvalue weighted by atomic mass is 10.1. The molecule has 4 heteroatoms. The van der Waals surface area contributed by atoms with E-state index >= 15 is 0 Å². The van der Waals surface area contributed by atoms with Gasteiger partial charge in [0.05, 0.1) is 11.4 Å². The van der Waals surface area contributed by atoms with Gasteiger partial charge in [0.25, 0.3) is 0 Å². The van der Waals surface area contributed by atoms with E-state index in [0.29, 0.717) is 0 Å². The predicted octanol–water partition coefficient (Wildman–Crippen LogP) is 2.04. The fourth-order valence-corrected chi connectivity index (χ4v) is 2.54. The summed E-state index contributed by atoms with van der Waals surface area (Å²) in [4.78, 5) is 4.72. The number of nitrogens with zero attached hydrogens (tertiary/aromatic N) is 3. The van der Waals surface area contributed by atoms with Crippen LogP contribution in [0.3, 0.4) is 0 Å². The molecule has 94 valence electrons. The van der Waals surface area contributed by atoms with Crippen molar-refractivity contribution in [3.8, 4) is 11.3 Å². The van der Waals surface area contributed by atoms with Gasteiger partial charge in [-0.2, -0.15) is 5.10 Å². The largest absolute Gasteiger partial charge is 0.312 e. The Labute approximate surface area is 111 Å². The van der Waals surface area contributed by atoms with Crippen LogP contribution in [0, 0.1) is 0 Å². The van der Waals surface area contributed by atoms with Crippen LogP contribution < -0.4 is 5.32 Å². The van der Waals surface area contributed by atoms with Crippen LogP contribution in [0.25, 0.3) is 16.9 Å². The zero-order valence-electron chi connectivity index (χ0n) is 10.5. The van der Waals surface area contributed by atoms with Crippen LogP contribution in [0.5, 0.6) is 0 Å². The van der Waals surface area contributed by atoms with Gasteiger partial charge in [0.15, 0.2) is 5.65 Å². The second-order valence-corrected chi connectivity index (χ2v) is 4.84. The summed E-state index contributed by atoms with van der Waals surface area (Å²) in [6.07, 6.45) is 3.09. The number of hydrogen-bond acceptors (Lipinski definition) is 3. The molecule has 1 N–H and O–H groups in total. The minimum atomic E-state index is 0.888. The molecule has 1 aliphatic heterocycles. The zero-order valence-corrected chi connectivity index (χ0v) is 10.5. The van der Waals surface area contributed by atoms with Crippen LogP contribution >= 0.6 is 0 Å². The van der Waals surface area contributed by atoms with Crippen molar-refractivity contribution >= 4 is 5.65 Å². The first-order chi connectivity index (χ1) is 9.40. The molecule has 3 aromatic rings. The summed E-state index contributed by atoms with van der Waals surface area (Å²) < 4.78 is 1.88. The lowest BCUT2D eigenvalue weighted by Crippen LogP contribution is -2.25. The SMILES string of the molecule is c1ccc(-c2cc3nc4c(cn3n2)CNCC4)cc1. The molecule has 0 fully saturated rings. The van der Waals surface area contributed by atoms with Gasteiger partial charge in [-0.25, -0.2) is 9.50 Å². The molecular weight excluding hydrogens is 236 g/mol. The number of benzene rings is 1. The van der Waals surface area contributed by atoms with E-state index in [4.69, 9.17) is 4.98 Å². The van der Waals surface area contributed by atoms with Crippen molar-refractivity contribution < 1.29 is 0 Å². The number of hydrogen-bond donors (Lipinski definition) is 1. The maximum Gasteiger partial charge on any atom is 0.155 e. The third-order valence-corrected chi connectivity index (χ3v) is 3.54.